The lowest BCUT2D eigenvalue weighted by molar-refractivity contribution is -0.384. The predicted octanol–water partition coefficient (Wildman–Crippen LogP) is 1.23. The fraction of sp³-hybridized carbons (Fsp3) is 0.328. The molecule has 0 radical (unpaired) electrons. The van der Waals surface area contributed by atoms with Crippen molar-refractivity contribution in [1.82, 2.24) is 36.8 Å². The number of aliphatic hydroxyl groups is 6. The number of carboxylic acids is 1. The molecule has 1 fully saturated rings. The van der Waals surface area contributed by atoms with E-state index < -0.39 is 247 Å². The fourth-order valence-electron chi connectivity index (χ4n) is 12.4. The number of halogens is 1. The molecule has 103 heavy (non-hydrogen) atoms. The van der Waals surface area contributed by atoms with Gasteiger partial charge in [-0.05, 0) is 107 Å². The van der Waals surface area contributed by atoms with E-state index in [1.54, 1.807) is 13.8 Å². The number of phenolic OH excluding ortho intramolecular Hbond substituents is 3. The van der Waals surface area contributed by atoms with Crippen LogP contribution in [0, 0.1) is 16.0 Å². The first-order chi connectivity index (χ1) is 48.8. The van der Waals surface area contributed by atoms with Crippen LogP contribution in [-0.4, -0.2) is 176 Å². The number of non-ortho nitro benzene ring substituents is 1. The Morgan fingerprint density at radius 1 is 0.670 bits per heavy atom. The third kappa shape index (κ3) is 14.9. The largest absolute Gasteiger partial charge is 0.508 e. The maximum atomic E-state index is 15.9. The van der Waals surface area contributed by atoms with E-state index in [4.69, 9.17) is 41.0 Å². The number of hydrogen-bond donors (Lipinski definition) is 17. The lowest BCUT2D eigenvalue weighted by Crippen LogP contribution is -2.60. The number of carbonyl (C=O) groups is 9. The number of ether oxygens (including phenoxy) is 5. The number of nitrogens with zero attached hydrogens (tertiary/aromatic N) is 2. The lowest BCUT2D eigenvalue weighted by atomic mass is 9.89. The van der Waals surface area contributed by atoms with Crippen molar-refractivity contribution < 1.29 is 123 Å². The number of phenols is 3. The van der Waals surface area contributed by atoms with E-state index >= 15 is 19.2 Å². The summed E-state index contributed by atoms with van der Waals surface area (Å²) in [5.74, 6) is -17.2. The summed E-state index contributed by atoms with van der Waals surface area (Å²) in [7, 11) is 1.17. The smallest absolute Gasteiger partial charge is 0.410 e. The molecular formula is C67H66ClN9O26. The molecule has 1 saturated heterocycles. The molecule has 18 N–H and O–H groups in total. The normalized spacial score (nSPS) is 25.5. The van der Waals surface area contributed by atoms with Gasteiger partial charge in [0, 0.05) is 47.5 Å². The number of hydrogen-bond acceptors (Lipinski definition) is 25. The summed E-state index contributed by atoms with van der Waals surface area (Å²) in [6.07, 6.45) is -20.0. The van der Waals surface area contributed by atoms with Gasteiger partial charge in [0.2, 0.25) is 53.4 Å². The van der Waals surface area contributed by atoms with E-state index in [0.717, 1.165) is 83.8 Å². The number of nitro groups is 1. The number of aromatic hydroxyl groups is 3. The SMILES string of the molecule is CC(C)C[C@H](C(=O)N[C@H]1C(=O)N[C@@H](CC(N)=O)C(=O)N[C@H]2C(=O)N[C@H]3C(=O)N[C@H](C(=O)N[C@H](C(=O)O)c4cc(O)cc(O)c4-c4cc3ccc4O)[C@H](O)c3ccc(c(Cl)c3)Oc3cc2cc2c3O[C@@H]3O[C@H](C(O)c4cc(ccc4O2)[C@H]1O)[C@@H](O)[C@H](O)[C@H]3O)N(C)C(=O)OCc1ccc([N+](=O)[O-])cc1. The quantitative estimate of drug-likeness (QED) is 0.0640. The average Bonchev–Trinajstić information content (AvgIpc) is 0.763. The fourth-order valence-corrected chi connectivity index (χ4v) is 12.6. The zero-order valence-corrected chi connectivity index (χ0v) is 54.8. The minimum Gasteiger partial charge on any atom is -0.508 e. The van der Waals surface area contributed by atoms with E-state index in [9.17, 15) is 85.2 Å². The molecule has 542 valence electrons. The van der Waals surface area contributed by atoms with Gasteiger partial charge in [-0.25, -0.2) is 9.59 Å². The highest BCUT2D eigenvalue weighted by Crippen LogP contribution is 2.51. The number of carboxylic acid groups (broad SMARTS) is 1. The second-order valence-corrected chi connectivity index (χ2v) is 25.6. The molecule has 0 aliphatic carbocycles. The molecule has 6 aromatic rings. The number of amides is 8. The molecule has 7 aliphatic heterocycles. The third-order valence-corrected chi connectivity index (χ3v) is 18.0. The van der Waals surface area contributed by atoms with Crippen LogP contribution >= 0.6 is 11.6 Å². The van der Waals surface area contributed by atoms with Crippen LogP contribution in [0.25, 0.3) is 11.1 Å². The minimum absolute atomic E-state index is 0.175. The molecule has 15 atom stereocenters. The van der Waals surface area contributed by atoms with Gasteiger partial charge in [0.1, 0.15) is 114 Å². The molecule has 1 unspecified atom stereocenters. The number of nitrogens with one attached hydrogen (secondary N) is 6. The number of aliphatic hydroxyl groups excluding tert-OH is 6. The summed E-state index contributed by atoms with van der Waals surface area (Å²) in [5.41, 5.74) is 2.17. The van der Waals surface area contributed by atoms with Crippen molar-refractivity contribution in [2.75, 3.05) is 7.05 Å². The number of benzene rings is 6. The number of aliphatic carboxylic acids is 1. The van der Waals surface area contributed by atoms with Crippen molar-refractivity contribution in [2.45, 2.75) is 125 Å². The molecule has 7 aliphatic rings. The van der Waals surface area contributed by atoms with Crippen molar-refractivity contribution in [3.63, 3.8) is 0 Å². The van der Waals surface area contributed by atoms with Crippen LogP contribution in [0.3, 0.4) is 0 Å². The van der Waals surface area contributed by atoms with E-state index in [1.165, 1.54) is 31.3 Å². The van der Waals surface area contributed by atoms with E-state index in [1.807, 2.05) is 0 Å². The Morgan fingerprint density at radius 2 is 1.30 bits per heavy atom. The minimum atomic E-state index is -2.37. The summed E-state index contributed by atoms with van der Waals surface area (Å²) in [4.78, 5) is 143. The molecule has 0 spiro atoms. The van der Waals surface area contributed by atoms with Gasteiger partial charge in [-0.3, -0.25) is 48.6 Å². The zero-order chi connectivity index (χ0) is 74.5. The van der Waals surface area contributed by atoms with Gasteiger partial charge < -0.3 is 112 Å². The molecule has 8 amide bonds. The van der Waals surface area contributed by atoms with Crippen LogP contribution in [0.2, 0.25) is 5.02 Å². The van der Waals surface area contributed by atoms with E-state index in [2.05, 4.69) is 31.9 Å². The summed E-state index contributed by atoms with van der Waals surface area (Å²) in [6.45, 7) is 2.88. The van der Waals surface area contributed by atoms with Crippen LogP contribution in [0.15, 0.2) is 103 Å². The van der Waals surface area contributed by atoms with Crippen LogP contribution in [-0.2, 0) is 54.4 Å². The van der Waals surface area contributed by atoms with E-state index in [-0.39, 0.29) is 28.8 Å². The molecule has 7 heterocycles. The van der Waals surface area contributed by atoms with Gasteiger partial charge in [-0.15, -0.1) is 0 Å². The predicted molar refractivity (Wildman–Crippen MR) is 348 cm³/mol. The molecule has 0 saturated carbocycles. The van der Waals surface area contributed by atoms with Gasteiger partial charge in [0.15, 0.2) is 17.5 Å². The van der Waals surface area contributed by atoms with Gasteiger partial charge in [-0.1, -0.05) is 43.6 Å². The van der Waals surface area contributed by atoms with Gasteiger partial charge >= 0.3 is 12.1 Å². The second kappa shape index (κ2) is 29.3. The van der Waals surface area contributed by atoms with Crippen molar-refractivity contribution in [3.05, 3.63) is 157 Å². The Bertz CT molecular complexity index is 4450. The second-order valence-electron chi connectivity index (χ2n) is 25.2. The van der Waals surface area contributed by atoms with Gasteiger partial charge in [0.25, 0.3) is 5.69 Å². The Labute approximate surface area is 585 Å². The van der Waals surface area contributed by atoms with Crippen LogP contribution in [0.1, 0.15) is 102 Å². The maximum absolute atomic E-state index is 15.9. The van der Waals surface area contributed by atoms with Crippen molar-refractivity contribution >= 4 is 70.7 Å². The molecular weight excluding hydrogens is 1380 g/mol. The first-order valence-electron chi connectivity index (χ1n) is 31.5. The summed E-state index contributed by atoms with van der Waals surface area (Å²) >= 11 is 6.94. The number of nitrogens with two attached hydrogens (primary N) is 1. The van der Waals surface area contributed by atoms with Crippen molar-refractivity contribution in [2.24, 2.45) is 11.7 Å². The Hall–Kier alpha value is -11.4. The summed E-state index contributed by atoms with van der Waals surface area (Å²) in [6, 6.07) is 2.72. The Morgan fingerprint density at radius 3 is 1.95 bits per heavy atom. The number of primary amides is 1. The number of fused-ring (bicyclic) bond motifs is 16. The number of carbonyl (C=O) groups excluding carboxylic acids is 8. The van der Waals surface area contributed by atoms with Gasteiger partial charge in [0.05, 0.1) is 16.4 Å². The summed E-state index contributed by atoms with van der Waals surface area (Å²) < 4.78 is 30.8. The van der Waals surface area contributed by atoms with Crippen molar-refractivity contribution in [3.8, 4) is 57.1 Å². The highest BCUT2D eigenvalue weighted by atomic mass is 35.5. The topological polar surface area (TPSA) is 547 Å². The Balaban J connectivity index is 1.11. The molecule has 13 rings (SSSR count). The molecule has 14 bridgehead atoms. The molecule has 0 aromatic heterocycles. The standard InChI is InChI=1S/C67H66ClN9O26/c1-24(2)14-37(76(3)67(96)99-23-25-4-9-30(10-5-25)77(97)98)60(89)74-49-51(82)27-7-12-40-33(16-27)53(84)58-55(86)54(85)56(87)66(103-58)102-57-42(100-40)18-29-19-43(57)101-41-13-8-28(17-35(41)68)52(83)50-64(93)73-48(65(94)95)34-20-31(78)21-39(80)45(34)32-15-26(6-11-38(32)79)46(61(90)75-50)72-62(91)47(29)71-59(88)36(22-44(69)81)70-63(49)92/h4-13,15-21,24,36-37,46-56,58,66,78-80,82-87H,14,22-23H2,1-3H3,(H2,69,81)(H,70,92)(H,71,88)(H,72,91)(H,73,93)(H,74,89)(H,75,90)(H,94,95)/t36-,37+,46+,47+,48-,49+,50-,51+,52+,53?,54-,55-,56+,58+,66+/m0/s1. The Kier molecular flexibility index (Phi) is 20.7. The molecule has 35 nitrogen and oxygen atoms in total. The average molecular weight is 1450 g/mol. The number of likely N-dealkylation sites (N-methyl/N-ethyl adjacent to an activating group) is 1. The first-order valence-corrected chi connectivity index (χ1v) is 31.9. The zero-order valence-electron chi connectivity index (χ0n) is 54.0. The monoisotopic (exact) mass is 1450 g/mol. The van der Waals surface area contributed by atoms with Gasteiger partial charge in [-0.2, -0.15) is 0 Å². The van der Waals surface area contributed by atoms with Crippen LogP contribution in [0.4, 0.5) is 10.5 Å². The highest BCUT2D eigenvalue weighted by Gasteiger charge is 2.51. The third-order valence-electron chi connectivity index (χ3n) is 17.8. The molecule has 36 heteroatoms. The highest BCUT2D eigenvalue weighted by molar-refractivity contribution is 6.32. The lowest BCUT2D eigenvalue weighted by Gasteiger charge is -2.43. The van der Waals surface area contributed by atoms with Crippen molar-refractivity contribution in [1.29, 1.82) is 0 Å². The number of rotatable bonds is 11. The first kappa shape index (κ1) is 72.8. The molecule has 6 aromatic carbocycles. The summed E-state index contributed by atoms with van der Waals surface area (Å²) in [5, 5.41) is 141. The maximum Gasteiger partial charge on any atom is 0.410 e. The number of nitro benzene ring substituents is 1. The van der Waals surface area contributed by atoms with Crippen LogP contribution in [0.5, 0.6) is 46.0 Å². The van der Waals surface area contributed by atoms with Crippen LogP contribution < -0.4 is 51.8 Å². The van der Waals surface area contributed by atoms with E-state index in [0.29, 0.717) is 5.56 Å².